The van der Waals surface area contributed by atoms with Gasteiger partial charge < -0.3 is 20.1 Å². The molecule has 0 radical (unpaired) electrons. The van der Waals surface area contributed by atoms with Gasteiger partial charge >= 0.3 is 0 Å². The highest BCUT2D eigenvalue weighted by atomic mass is 32.1. The third kappa shape index (κ3) is 5.88. The molecule has 1 fully saturated rings. The van der Waals surface area contributed by atoms with Gasteiger partial charge in [0, 0.05) is 43.7 Å². The summed E-state index contributed by atoms with van der Waals surface area (Å²) in [6, 6.07) is 4.17. The van der Waals surface area contributed by atoms with Crippen LogP contribution in [0.4, 0.5) is 0 Å². The maximum Gasteiger partial charge on any atom is 0.244 e. The SMILES string of the molecule is COCC(O)CN1CCC(NC(=O)/C=C/c2cccs2)CC1. The fourth-order valence-corrected chi connectivity index (χ4v) is 3.21. The number of aliphatic hydroxyl groups excluding tert-OH is 1. The highest BCUT2D eigenvalue weighted by Gasteiger charge is 2.21. The highest BCUT2D eigenvalue weighted by molar-refractivity contribution is 7.10. The fraction of sp³-hybridized carbons (Fsp3) is 0.562. The molecule has 1 aliphatic heterocycles. The molecule has 2 heterocycles. The lowest BCUT2D eigenvalue weighted by Gasteiger charge is -2.33. The average molecular weight is 324 g/mol. The quantitative estimate of drug-likeness (QED) is 0.743. The van der Waals surface area contributed by atoms with Crippen LogP contribution in [0.3, 0.4) is 0 Å². The minimum atomic E-state index is -0.440. The van der Waals surface area contributed by atoms with Crippen LogP contribution in [0.1, 0.15) is 17.7 Å². The predicted molar refractivity (Wildman–Crippen MR) is 88.8 cm³/mol. The van der Waals surface area contributed by atoms with E-state index in [-0.39, 0.29) is 11.9 Å². The third-order valence-corrected chi connectivity index (χ3v) is 4.54. The Morgan fingerprint density at radius 2 is 2.36 bits per heavy atom. The van der Waals surface area contributed by atoms with Crippen LogP contribution in [0.5, 0.6) is 0 Å². The van der Waals surface area contributed by atoms with Gasteiger partial charge in [0.15, 0.2) is 0 Å². The standard InChI is InChI=1S/C16H24N2O3S/c1-21-12-14(19)11-18-8-6-13(7-9-18)17-16(20)5-4-15-3-2-10-22-15/h2-5,10,13-14,19H,6-9,11-12H2,1H3,(H,17,20)/b5-4+. The van der Waals surface area contributed by atoms with E-state index in [4.69, 9.17) is 4.74 Å². The molecular weight excluding hydrogens is 300 g/mol. The van der Waals surface area contributed by atoms with Gasteiger partial charge in [0.05, 0.1) is 12.7 Å². The Hall–Kier alpha value is -1.21. The van der Waals surface area contributed by atoms with Crippen LogP contribution in [0.25, 0.3) is 6.08 Å². The zero-order valence-corrected chi connectivity index (χ0v) is 13.7. The summed E-state index contributed by atoms with van der Waals surface area (Å²) in [5, 5.41) is 14.8. The Labute approximate surface area is 135 Å². The minimum absolute atomic E-state index is 0.0359. The first-order valence-corrected chi connectivity index (χ1v) is 8.47. The van der Waals surface area contributed by atoms with Crippen LogP contribution in [0.15, 0.2) is 23.6 Å². The van der Waals surface area contributed by atoms with Crippen molar-refractivity contribution >= 4 is 23.3 Å². The molecule has 5 nitrogen and oxygen atoms in total. The second-order valence-corrected chi connectivity index (χ2v) is 6.52. The first-order valence-electron chi connectivity index (χ1n) is 7.59. The van der Waals surface area contributed by atoms with Crippen molar-refractivity contribution in [3.8, 4) is 0 Å². The normalized spacial score (nSPS) is 18.6. The zero-order valence-electron chi connectivity index (χ0n) is 12.9. The molecule has 1 aromatic heterocycles. The number of nitrogens with one attached hydrogen (secondary N) is 1. The summed E-state index contributed by atoms with van der Waals surface area (Å²) >= 11 is 1.61. The molecule has 0 bridgehead atoms. The van der Waals surface area contributed by atoms with E-state index in [0.29, 0.717) is 13.2 Å². The summed E-state index contributed by atoms with van der Waals surface area (Å²) in [5.74, 6) is -0.0359. The number of piperidine rings is 1. The Balaban J connectivity index is 1.67. The number of hydrogen-bond donors (Lipinski definition) is 2. The van der Waals surface area contributed by atoms with Gasteiger partial charge in [-0.1, -0.05) is 6.07 Å². The van der Waals surface area contributed by atoms with Crippen molar-refractivity contribution in [3.05, 3.63) is 28.5 Å². The van der Waals surface area contributed by atoms with E-state index in [1.54, 1.807) is 24.5 Å². The van der Waals surface area contributed by atoms with Gasteiger partial charge in [-0.25, -0.2) is 0 Å². The molecule has 2 rings (SSSR count). The van der Waals surface area contributed by atoms with Gasteiger partial charge in [0.2, 0.25) is 5.91 Å². The number of hydrogen-bond acceptors (Lipinski definition) is 5. The molecule has 1 unspecified atom stereocenters. The number of nitrogens with zero attached hydrogens (tertiary/aromatic N) is 1. The topological polar surface area (TPSA) is 61.8 Å². The lowest BCUT2D eigenvalue weighted by Crippen LogP contribution is -2.46. The molecule has 122 valence electrons. The van der Waals surface area contributed by atoms with E-state index < -0.39 is 6.10 Å². The van der Waals surface area contributed by atoms with Gasteiger partial charge in [0.1, 0.15) is 0 Å². The second kappa shape index (κ2) is 9.05. The molecule has 1 aromatic rings. The summed E-state index contributed by atoms with van der Waals surface area (Å²) in [6.45, 7) is 2.78. The van der Waals surface area contributed by atoms with Crippen LogP contribution < -0.4 is 5.32 Å². The van der Waals surface area contributed by atoms with Crippen molar-refractivity contribution in [2.24, 2.45) is 0 Å². The molecule has 1 aliphatic rings. The summed E-state index contributed by atoms with van der Waals surface area (Å²) in [6.07, 6.45) is 4.83. The second-order valence-electron chi connectivity index (χ2n) is 5.54. The van der Waals surface area contributed by atoms with Gasteiger partial charge in [-0.3, -0.25) is 4.79 Å². The maximum atomic E-state index is 11.9. The number of likely N-dealkylation sites (tertiary alicyclic amines) is 1. The van der Waals surface area contributed by atoms with E-state index in [0.717, 1.165) is 30.8 Å². The number of ether oxygens (including phenoxy) is 1. The van der Waals surface area contributed by atoms with Crippen LogP contribution in [-0.4, -0.2) is 61.4 Å². The maximum absolute atomic E-state index is 11.9. The first-order chi connectivity index (χ1) is 10.7. The van der Waals surface area contributed by atoms with Crippen molar-refractivity contribution in [2.75, 3.05) is 33.4 Å². The van der Waals surface area contributed by atoms with Crippen LogP contribution >= 0.6 is 11.3 Å². The molecule has 22 heavy (non-hydrogen) atoms. The average Bonchev–Trinajstić information content (AvgIpc) is 3.01. The molecule has 1 atom stereocenters. The Bertz CT molecular complexity index is 468. The Morgan fingerprint density at radius 1 is 1.59 bits per heavy atom. The van der Waals surface area contributed by atoms with E-state index in [1.165, 1.54) is 0 Å². The van der Waals surface area contributed by atoms with Gasteiger partial charge in [-0.15, -0.1) is 11.3 Å². The molecule has 0 aliphatic carbocycles. The van der Waals surface area contributed by atoms with Crippen molar-refractivity contribution in [1.82, 2.24) is 10.2 Å². The third-order valence-electron chi connectivity index (χ3n) is 3.70. The molecule has 0 spiro atoms. The number of thiophene rings is 1. The number of amides is 1. The number of carbonyl (C=O) groups excluding carboxylic acids is 1. The molecular formula is C16H24N2O3S. The Kier molecular flexibility index (Phi) is 7.05. The zero-order chi connectivity index (χ0) is 15.8. The summed E-state index contributed by atoms with van der Waals surface area (Å²) in [5.41, 5.74) is 0. The van der Waals surface area contributed by atoms with Crippen LogP contribution in [0.2, 0.25) is 0 Å². The number of rotatable bonds is 7. The van der Waals surface area contributed by atoms with E-state index >= 15 is 0 Å². The van der Waals surface area contributed by atoms with Crippen molar-refractivity contribution in [2.45, 2.75) is 25.0 Å². The van der Waals surface area contributed by atoms with Gasteiger partial charge in [0.25, 0.3) is 0 Å². The van der Waals surface area contributed by atoms with E-state index in [9.17, 15) is 9.90 Å². The monoisotopic (exact) mass is 324 g/mol. The lowest BCUT2D eigenvalue weighted by molar-refractivity contribution is -0.117. The number of carbonyl (C=O) groups is 1. The van der Waals surface area contributed by atoms with E-state index in [2.05, 4.69) is 10.2 Å². The van der Waals surface area contributed by atoms with Crippen LogP contribution in [0, 0.1) is 0 Å². The Morgan fingerprint density at radius 3 is 3.00 bits per heavy atom. The smallest absolute Gasteiger partial charge is 0.244 e. The summed E-state index contributed by atoms with van der Waals surface area (Å²) in [7, 11) is 1.59. The van der Waals surface area contributed by atoms with Crippen molar-refractivity contribution in [1.29, 1.82) is 0 Å². The van der Waals surface area contributed by atoms with Crippen molar-refractivity contribution in [3.63, 3.8) is 0 Å². The molecule has 0 aromatic carbocycles. The summed E-state index contributed by atoms with van der Waals surface area (Å²) < 4.78 is 4.94. The van der Waals surface area contributed by atoms with Gasteiger partial charge in [-0.2, -0.15) is 0 Å². The molecule has 1 amide bonds. The minimum Gasteiger partial charge on any atom is -0.389 e. The molecule has 1 saturated heterocycles. The largest absolute Gasteiger partial charge is 0.389 e. The first kappa shape index (κ1) is 17.1. The van der Waals surface area contributed by atoms with E-state index in [1.807, 2.05) is 23.6 Å². The molecule has 6 heteroatoms. The van der Waals surface area contributed by atoms with Gasteiger partial charge in [-0.05, 0) is 30.4 Å². The molecule has 0 saturated carbocycles. The number of aliphatic hydroxyl groups is 1. The fourth-order valence-electron chi connectivity index (χ4n) is 2.60. The number of methoxy groups -OCH3 is 1. The van der Waals surface area contributed by atoms with Crippen LogP contribution in [-0.2, 0) is 9.53 Å². The number of β-amino-alcohol motifs (C(OH)–C–C–N with tert-alkyl or cyclic N) is 1. The highest BCUT2D eigenvalue weighted by Crippen LogP contribution is 2.12. The summed E-state index contributed by atoms with van der Waals surface area (Å²) in [4.78, 5) is 15.2. The molecule has 2 N–H and O–H groups in total. The lowest BCUT2D eigenvalue weighted by atomic mass is 10.0. The predicted octanol–water partition coefficient (Wildman–Crippen LogP) is 1.35. The van der Waals surface area contributed by atoms with Crippen molar-refractivity contribution < 1.29 is 14.6 Å².